The zero-order valence-electron chi connectivity index (χ0n) is 10.8. The van der Waals surface area contributed by atoms with E-state index in [0.717, 1.165) is 38.3 Å². The van der Waals surface area contributed by atoms with Crippen LogP contribution in [0.1, 0.15) is 32.1 Å². The minimum absolute atomic E-state index is 0.113. The number of carbonyl (C=O) groups excluding carboxylic acids is 1. The molecule has 0 aromatic carbocycles. The number of anilines is 1. The quantitative estimate of drug-likeness (QED) is 0.841. The van der Waals surface area contributed by atoms with Gasteiger partial charge in [0, 0.05) is 12.6 Å². The van der Waals surface area contributed by atoms with E-state index >= 15 is 0 Å². The first-order chi connectivity index (χ1) is 9.11. The Labute approximate surface area is 111 Å². The van der Waals surface area contributed by atoms with E-state index in [-0.39, 0.29) is 23.2 Å². The van der Waals surface area contributed by atoms with Crippen LogP contribution in [-0.2, 0) is 4.79 Å². The predicted molar refractivity (Wildman–Crippen MR) is 70.0 cm³/mol. The van der Waals surface area contributed by atoms with Crippen molar-refractivity contribution in [1.29, 1.82) is 0 Å². The molecular formula is C14H18FN3O. The van der Waals surface area contributed by atoms with Gasteiger partial charge in [-0.2, -0.15) is 0 Å². The summed E-state index contributed by atoms with van der Waals surface area (Å²) in [6, 6.07) is 3.03. The van der Waals surface area contributed by atoms with Crippen molar-refractivity contribution in [3.63, 3.8) is 0 Å². The summed E-state index contributed by atoms with van der Waals surface area (Å²) in [5.74, 6) is 0.272. The van der Waals surface area contributed by atoms with Gasteiger partial charge in [-0.25, -0.2) is 9.37 Å². The molecule has 3 rings (SSSR count). The highest BCUT2D eigenvalue weighted by Crippen LogP contribution is 2.45. The molecule has 1 aromatic heterocycles. The van der Waals surface area contributed by atoms with Crippen molar-refractivity contribution in [3.05, 3.63) is 24.1 Å². The lowest BCUT2D eigenvalue weighted by Gasteiger charge is -2.34. The molecule has 2 aliphatic rings. The van der Waals surface area contributed by atoms with E-state index in [4.69, 9.17) is 5.73 Å². The van der Waals surface area contributed by atoms with Crippen LogP contribution in [0.25, 0.3) is 0 Å². The molecule has 2 heterocycles. The number of rotatable bonds is 1. The second-order valence-corrected chi connectivity index (χ2v) is 5.68. The first-order valence-electron chi connectivity index (χ1n) is 6.80. The Hall–Kier alpha value is -1.49. The van der Waals surface area contributed by atoms with E-state index in [9.17, 15) is 9.18 Å². The largest absolute Gasteiger partial charge is 0.328 e. The summed E-state index contributed by atoms with van der Waals surface area (Å²) in [6.45, 7) is 0.657. The summed E-state index contributed by atoms with van der Waals surface area (Å²) in [4.78, 5) is 18.3. The Bertz CT molecular complexity index is 490. The SMILES string of the molecule is NC1CCCC2(CCN(c3ccc(F)cn3)C2=O)C1. The fourth-order valence-corrected chi connectivity index (χ4v) is 3.40. The molecule has 2 N–H and O–H groups in total. The highest BCUT2D eigenvalue weighted by molar-refractivity contribution is 5.99. The maximum atomic E-state index is 12.9. The molecule has 1 saturated carbocycles. The standard InChI is InChI=1S/C14H18FN3O/c15-10-3-4-12(17-9-10)18-7-6-14(13(18)19)5-1-2-11(16)8-14/h3-4,9,11H,1-2,5-8,16H2. The molecule has 1 spiro atoms. The van der Waals surface area contributed by atoms with Gasteiger partial charge in [0.15, 0.2) is 0 Å². The summed E-state index contributed by atoms with van der Waals surface area (Å²) < 4.78 is 12.9. The minimum atomic E-state index is -0.384. The third-order valence-electron chi connectivity index (χ3n) is 4.38. The number of nitrogens with zero attached hydrogens (tertiary/aromatic N) is 2. The van der Waals surface area contributed by atoms with Crippen molar-refractivity contribution in [2.75, 3.05) is 11.4 Å². The maximum absolute atomic E-state index is 12.9. The normalized spacial score (nSPS) is 31.2. The van der Waals surface area contributed by atoms with E-state index in [1.54, 1.807) is 11.0 Å². The Morgan fingerprint density at radius 3 is 2.95 bits per heavy atom. The molecule has 102 valence electrons. The lowest BCUT2D eigenvalue weighted by Crippen LogP contribution is -2.42. The van der Waals surface area contributed by atoms with Gasteiger partial charge in [-0.3, -0.25) is 9.69 Å². The average molecular weight is 263 g/mol. The Morgan fingerprint density at radius 2 is 2.26 bits per heavy atom. The fourth-order valence-electron chi connectivity index (χ4n) is 3.40. The van der Waals surface area contributed by atoms with Gasteiger partial charge in [0.2, 0.25) is 5.91 Å². The van der Waals surface area contributed by atoms with Crippen molar-refractivity contribution in [3.8, 4) is 0 Å². The fraction of sp³-hybridized carbons (Fsp3) is 0.571. The molecule has 1 aliphatic heterocycles. The van der Waals surface area contributed by atoms with Crippen molar-refractivity contribution >= 4 is 11.7 Å². The van der Waals surface area contributed by atoms with Crippen molar-refractivity contribution in [2.45, 2.75) is 38.1 Å². The van der Waals surface area contributed by atoms with E-state index < -0.39 is 0 Å². The number of hydrogen-bond acceptors (Lipinski definition) is 3. The summed E-state index contributed by atoms with van der Waals surface area (Å²) in [7, 11) is 0. The monoisotopic (exact) mass is 263 g/mol. The Kier molecular flexibility index (Phi) is 3.01. The molecule has 1 aliphatic carbocycles. The molecule has 5 heteroatoms. The summed E-state index contributed by atoms with van der Waals surface area (Å²) in [6.07, 6.45) is 5.68. The van der Waals surface area contributed by atoms with Crippen molar-refractivity contribution in [1.82, 2.24) is 4.98 Å². The zero-order valence-corrected chi connectivity index (χ0v) is 10.8. The van der Waals surface area contributed by atoms with E-state index in [2.05, 4.69) is 4.98 Å². The van der Waals surface area contributed by atoms with Gasteiger partial charge in [-0.15, -0.1) is 0 Å². The second-order valence-electron chi connectivity index (χ2n) is 5.68. The lowest BCUT2D eigenvalue weighted by atomic mass is 9.71. The molecule has 2 unspecified atom stereocenters. The van der Waals surface area contributed by atoms with E-state index in [0.29, 0.717) is 12.4 Å². The van der Waals surface area contributed by atoms with Crippen molar-refractivity contribution < 1.29 is 9.18 Å². The number of nitrogens with two attached hydrogens (primary N) is 1. The number of pyridine rings is 1. The third kappa shape index (κ3) is 2.12. The molecule has 1 amide bonds. The van der Waals surface area contributed by atoms with Gasteiger partial charge in [-0.05, 0) is 37.8 Å². The van der Waals surface area contributed by atoms with Gasteiger partial charge in [0.05, 0.1) is 11.6 Å². The highest BCUT2D eigenvalue weighted by Gasteiger charge is 2.49. The van der Waals surface area contributed by atoms with Crippen LogP contribution in [-0.4, -0.2) is 23.5 Å². The zero-order chi connectivity index (χ0) is 13.5. The van der Waals surface area contributed by atoms with Gasteiger partial charge in [0.1, 0.15) is 11.6 Å². The van der Waals surface area contributed by atoms with E-state index in [1.165, 1.54) is 6.07 Å². The number of aromatic nitrogens is 1. The van der Waals surface area contributed by atoms with E-state index in [1.807, 2.05) is 0 Å². The molecule has 0 bridgehead atoms. The highest BCUT2D eigenvalue weighted by atomic mass is 19.1. The molecule has 4 nitrogen and oxygen atoms in total. The predicted octanol–water partition coefficient (Wildman–Crippen LogP) is 1.85. The molecular weight excluding hydrogens is 245 g/mol. The Morgan fingerprint density at radius 1 is 1.42 bits per heavy atom. The summed E-state index contributed by atoms with van der Waals surface area (Å²) in [5, 5.41) is 0. The number of amides is 1. The summed E-state index contributed by atoms with van der Waals surface area (Å²) >= 11 is 0. The molecule has 2 fully saturated rings. The average Bonchev–Trinajstić information content (AvgIpc) is 2.68. The smallest absolute Gasteiger partial charge is 0.234 e. The van der Waals surface area contributed by atoms with Crippen molar-refractivity contribution in [2.24, 2.45) is 11.1 Å². The number of halogens is 1. The van der Waals surface area contributed by atoms with Crippen LogP contribution in [0.3, 0.4) is 0 Å². The first kappa shape index (κ1) is 12.5. The minimum Gasteiger partial charge on any atom is -0.328 e. The van der Waals surface area contributed by atoms with Crippen LogP contribution < -0.4 is 10.6 Å². The molecule has 1 aromatic rings. The topological polar surface area (TPSA) is 59.2 Å². The third-order valence-corrected chi connectivity index (χ3v) is 4.38. The maximum Gasteiger partial charge on any atom is 0.234 e. The number of hydrogen-bond donors (Lipinski definition) is 1. The molecule has 19 heavy (non-hydrogen) atoms. The van der Waals surface area contributed by atoms with Gasteiger partial charge < -0.3 is 5.73 Å². The molecule has 2 atom stereocenters. The molecule has 0 radical (unpaired) electrons. The van der Waals surface area contributed by atoms with Crippen LogP contribution in [0.5, 0.6) is 0 Å². The van der Waals surface area contributed by atoms with Crippen LogP contribution in [0.4, 0.5) is 10.2 Å². The van der Waals surface area contributed by atoms with Gasteiger partial charge in [-0.1, -0.05) is 6.42 Å². The Balaban J connectivity index is 1.83. The van der Waals surface area contributed by atoms with Gasteiger partial charge >= 0.3 is 0 Å². The second kappa shape index (κ2) is 4.56. The van der Waals surface area contributed by atoms with Crippen LogP contribution in [0, 0.1) is 11.2 Å². The summed E-state index contributed by atoms with van der Waals surface area (Å²) in [5.41, 5.74) is 5.72. The molecule has 1 saturated heterocycles. The van der Waals surface area contributed by atoms with Crippen LogP contribution >= 0.6 is 0 Å². The van der Waals surface area contributed by atoms with Gasteiger partial charge in [0.25, 0.3) is 0 Å². The van der Waals surface area contributed by atoms with Crippen LogP contribution in [0.15, 0.2) is 18.3 Å². The number of carbonyl (C=O) groups is 1. The lowest BCUT2D eigenvalue weighted by molar-refractivity contribution is -0.127. The first-order valence-corrected chi connectivity index (χ1v) is 6.80. The van der Waals surface area contributed by atoms with Crippen LogP contribution in [0.2, 0.25) is 0 Å².